The summed E-state index contributed by atoms with van der Waals surface area (Å²) < 4.78 is 3.58. The van der Waals surface area contributed by atoms with E-state index in [1.807, 2.05) is 17.8 Å². The van der Waals surface area contributed by atoms with Crippen molar-refractivity contribution in [1.29, 1.82) is 0 Å². The highest BCUT2D eigenvalue weighted by Gasteiger charge is 2.14. The van der Waals surface area contributed by atoms with Crippen LogP contribution in [0.25, 0.3) is 11.4 Å². The first-order chi connectivity index (χ1) is 7.24. The number of aryl methyl sites for hydroxylation is 2. The second kappa shape index (κ2) is 3.72. The van der Waals surface area contributed by atoms with Crippen LogP contribution < -0.4 is 5.73 Å². The van der Waals surface area contributed by atoms with Gasteiger partial charge in [-0.25, -0.2) is 4.68 Å². The minimum Gasteiger partial charge on any atom is -0.380 e. The molecule has 0 aliphatic carbocycles. The fraction of sp³-hybridized carbons (Fsp3) is 0.444. The maximum absolute atomic E-state index is 5.80. The van der Waals surface area contributed by atoms with Crippen molar-refractivity contribution in [3.8, 4) is 11.4 Å². The SMILES string of the molecule is CCCn1nnc(N)c1-c1ccnn1C. The van der Waals surface area contributed by atoms with Gasteiger partial charge in [-0.2, -0.15) is 5.10 Å². The lowest BCUT2D eigenvalue weighted by molar-refractivity contribution is 0.581. The molecule has 2 N–H and O–H groups in total. The molecule has 0 amide bonds. The summed E-state index contributed by atoms with van der Waals surface area (Å²) in [6, 6.07) is 1.90. The second-order valence-corrected chi connectivity index (χ2v) is 3.39. The number of nitrogens with two attached hydrogens (primary N) is 1. The van der Waals surface area contributed by atoms with Crippen molar-refractivity contribution in [1.82, 2.24) is 24.8 Å². The standard InChI is InChI=1S/C9H14N6/c1-3-6-15-8(9(10)12-13-15)7-4-5-11-14(7)2/h4-5H,3,6,10H2,1-2H3. The van der Waals surface area contributed by atoms with Gasteiger partial charge in [-0.1, -0.05) is 12.1 Å². The zero-order chi connectivity index (χ0) is 10.8. The molecule has 2 heterocycles. The van der Waals surface area contributed by atoms with Crippen LogP contribution in [0.2, 0.25) is 0 Å². The molecule has 0 aliphatic rings. The molecule has 0 atom stereocenters. The van der Waals surface area contributed by atoms with Gasteiger partial charge in [-0.05, 0) is 12.5 Å². The van der Waals surface area contributed by atoms with Crippen LogP contribution in [0.5, 0.6) is 0 Å². The Morgan fingerprint density at radius 3 is 2.87 bits per heavy atom. The van der Waals surface area contributed by atoms with Crippen molar-refractivity contribution in [2.45, 2.75) is 19.9 Å². The Labute approximate surface area is 87.7 Å². The molecule has 0 saturated carbocycles. The van der Waals surface area contributed by atoms with E-state index < -0.39 is 0 Å². The van der Waals surface area contributed by atoms with Crippen molar-refractivity contribution in [3.63, 3.8) is 0 Å². The monoisotopic (exact) mass is 206 g/mol. The average Bonchev–Trinajstić information content (AvgIpc) is 2.75. The van der Waals surface area contributed by atoms with E-state index in [0.717, 1.165) is 24.4 Å². The maximum atomic E-state index is 5.80. The number of rotatable bonds is 3. The van der Waals surface area contributed by atoms with Crippen LogP contribution in [0.15, 0.2) is 12.3 Å². The van der Waals surface area contributed by atoms with E-state index in [-0.39, 0.29) is 0 Å². The third-order valence-corrected chi connectivity index (χ3v) is 2.26. The quantitative estimate of drug-likeness (QED) is 0.801. The van der Waals surface area contributed by atoms with Crippen LogP contribution >= 0.6 is 0 Å². The smallest absolute Gasteiger partial charge is 0.175 e. The first kappa shape index (κ1) is 9.70. The summed E-state index contributed by atoms with van der Waals surface area (Å²) in [5.41, 5.74) is 7.58. The first-order valence-electron chi connectivity index (χ1n) is 4.91. The van der Waals surface area contributed by atoms with E-state index in [2.05, 4.69) is 22.3 Å². The molecule has 0 bridgehead atoms. The third kappa shape index (κ3) is 1.58. The van der Waals surface area contributed by atoms with Gasteiger partial charge in [0, 0.05) is 19.8 Å². The van der Waals surface area contributed by atoms with Gasteiger partial charge in [0.25, 0.3) is 0 Å². The number of hydrogen-bond donors (Lipinski definition) is 1. The number of nitrogens with zero attached hydrogens (tertiary/aromatic N) is 5. The topological polar surface area (TPSA) is 74.6 Å². The van der Waals surface area contributed by atoms with Crippen LogP contribution in [-0.4, -0.2) is 24.8 Å². The molecule has 2 aromatic heterocycles. The van der Waals surface area contributed by atoms with Crippen LogP contribution in [0.4, 0.5) is 5.82 Å². The fourth-order valence-electron chi connectivity index (χ4n) is 1.56. The highest BCUT2D eigenvalue weighted by Crippen LogP contribution is 2.22. The molecule has 0 saturated heterocycles. The predicted octanol–water partition coefficient (Wildman–Crippen LogP) is 0.671. The molecular formula is C9H14N6. The van der Waals surface area contributed by atoms with Gasteiger partial charge in [-0.15, -0.1) is 5.10 Å². The van der Waals surface area contributed by atoms with Gasteiger partial charge in [0.15, 0.2) is 5.82 Å². The first-order valence-corrected chi connectivity index (χ1v) is 4.91. The van der Waals surface area contributed by atoms with Gasteiger partial charge < -0.3 is 5.73 Å². The third-order valence-electron chi connectivity index (χ3n) is 2.26. The maximum Gasteiger partial charge on any atom is 0.175 e. The minimum absolute atomic E-state index is 0.451. The van der Waals surface area contributed by atoms with E-state index >= 15 is 0 Å². The van der Waals surface area contributed by atoms with Crippen LogP contribution in [0.1, 0.15) is 13.3 Å². The van der Waals surface area contributed by atoms with E-state index in [1.165, 1.54) is 0 Å². The predicted molar refractivity (Wildman–Crippen MR) is 56.9 cm³/mol. The Hall–Kier alpha value is -1.85. The van der Waals surface area contributed by atoms with E-state index in [0.29, 0.717) is 5.82 Å². The summed E-state index contributed by atoms with van der Waals surface area (Å²) in [5, 5.41) is 12.0. The molecular weight excluding hydrogens is 192 g/mol. The molecule has 6 nitrogen and oxygen atoms in total. The molecule has 0 aromatic carbocycles. The van der Waals surface area contributed by atoms with Gasteiger partial charge in [0.05, 0.1) is 5.69 Å². The van der Waals surface area contributed by atoms with Gasteiger partial charge in [0.1, 0.15) is 5.69 Å². The van der Waals surface area contributed by atoms with Gasteiger partial charge in [-0.3, -0.25) is 4.68 Å². The average molecular weight is 206 g/mol. The number of hydrogen-bond acceptors (Lipinski definition) is 4. The van der Waals surface area contributed by atoms with Crippen molar-refractivity contribution in [3.05, 3.63) is 12.3 Å². The Morgan fingerprint density at radius 2 is 2.27 bits per heavy atom. The van der Waals surface area contributed by atoms with Gasteiger partial charge in [0.2, 0.25) is 0 Å². The zero-order valence-electron chi connectivity index (χ0n) is 8.88. The van der Waals surface area contributed by atoms with E-state index in [1.54, 1.807) is 10.9 Å². The molecule has 0 radical (unpaired) electrons. The molecule has 0 aliphatic heterocycles. The minimum atomic E-state index is 0.451. The lowest BCUT2D eigenvalue weighted by atomic mass is 10.3. The van der Waals surface area contributed by atoms with Crippen molar-refractivity contribution >= 4 is 5.82 Å². The number of aromatic nitrogens is 5. The summed E-state index contributed by atoms with van der Waals surface area (Å²) in [6.07, 6.45) is 2.73. The summed E-state index contributed by atoms with van der Waals surface area (Å²) >= 11 is 0. The molecule has 0 fully saturated rings. The Balaban J connectivity index is 2.51. The number of anilines is 1. The highest BCUT2D eigenvalue weighted by atomic mass is 15.5. The summed E-state index contributed by atoms with van der Waals surface area (Å²) in [7, 11) is 1.87. The summed E-state index contributed by atoms with van der Waals surface area (Å²) in [4.78, 5) is 0. The second-order valence-electron chi connectivity index (χ2n) is 3.39. The Morgan fingerprint density at radius 1 is 1.47 bits per heavy atom. The highest BCUT2D eigenvalue weighted by molar-refractivity contribution is 5.66. The van der Waals surface area contributed by atoms with Crippen LogP contribution in [0, 0.1) is 0 Å². The Kier molecular flexibility index (Phi) is 2.40. The van der Waals surface area contributed by atoms with Crippen molar-refractivity contribution < 1.29 is 0 Å². The Bertz CT molecular complexity index is 455. The largest absolute Gasteiger partial charge is 0.380 e. The van der Waals surface area contributed by atoms with Gasteiger partial charge >= 0.3 is 0 Å². The summed E-state index contributed by atoms with van der Waals surface area (Å²) in [6.45, 7) is 2.90. The molecule has 2 aromatic rings. The van der Waals surface area contributed by atoms with Crippen molar-refractivity contribution in [2.75, 3.05) is 5.73 Å². The fourth-order valence-corrected chi connectivity index (χ4v) is 1.56. The number of nitrogen functional groups attached to an aromatic ring is 1. The normalized spacial score (nSPS) is 10.8. The van der Waals surface area contributed by atoms with E-state index in [4.69, 9.17) is 5.73 Å². The lowest BCUT2D eigenvalue weighted by Gasteiger charge is -2.05. The molecule has 2 rings (SSSR count). The molecule has 80 valence electrons. The zero-order valence-corrected chi connectivity index (χ0v) is 8.88. The molecule has 0 spiro atoms. The van der Waals surface area contributed by atoms with Crippen LogP contribution in [-0.2, 0) is 13.6 Å². The molecule has 15 heavy (non-hydrogen) atoms. The lowest BCUT2D eigenvalue weighted by Crippen LogP contribution is -2.05. The molecule has 0 unspecified atom stereocenters. The summed E-state index contributed by atoms with van der Waals surface area (Å²) in [5.74, 6) is 0.451. The van der Waals surface area contributed by atoms with E-state index in [9.17, 15) is 0 Å². The van der Waals surface area contributed by atoms with Crippen molar-refractivity contribution in [2.24, 2.45) is 7.05 Å². The molecule has 6 heteroatoms. The van der Waals surface area contributed by atoms with Crippen LogP contribution in [0.3, 0.4) is 0 Å².